The van der Waals surface area contributed by atoms with E-state index in [1.54, 1.807) is 4.90 Å². The molecule has 6 nitrogen and oxygen atoms in total. The van der Waals surface area contributed by atoms with E-state index in [0.717, 1.165) is 17.8 Å². The number of nitrogens with one attached hydrogen (secondary N) is 3. The number of benzene rings is 1. The Morgan fingerprint density at radius 1 is 1.39 bits per heavy atom. The standard InChI is InChI=1S/C17H23N5O/c1-5-22(4)17(18)16(20-3)15-10-14(21-23-15)13-8-6-12(7-9-13)11-19-2/h6-10,18-19,21H,3,5,11H2,1-2,4H3. The van der Waals surface area contributed by atoms with Gasteiger partial charge in [0.1, 0.15) is 5.70 Å². The van der Waals surface area contributed by atoms with E-state index in [9.17, 15) is 0 Å². The Morgan fingerprint density at radius 2 is 2.09 bits per heavy atom. The van der Waals surface area contributed by atoms with Crippen LogP contribution in [0, 0.1) is 5.41 Å². The molecule has 0 aliphatic carbocycles. The summed E-state index contributed by atoms with van der Waals surface area (Å²) in [6.45, 7) is 7.07. The monoisotopic (exact) mass is 313 g/mol. The Labute approximate surface area is 137 Å². The summed E-state index contributed by atoms with van der Waals surface area (Å²) in [5.41, 5.74) is 6.37. The van der Waals surface area contributed by atoms with E-state index in [-0.39, 0.29) is 5.84 Å². The van der Waals surface area contributed by atoms with Crippen molar-refractivity contribution in [2.24, 2.45) is 4.99 Å². The van der Waals surface area contributed by atoms with Gasteiger partial charge in [-0.05, 0) is 26.3 Å². The molecule has 1 aromatic rings. The van der Waals surface area contributed by atoms with Gasteiger partial charge in [-0.25, -0.2) is 5.48 Å². The zero-order chi connectivity index (χ0) is 16.8. The summed E-state index contributed by atoms with van der Waals surface area (Å²) in [6, 6.07) is 8.19. The second-order valence-corrected chi connectivity index (χ2v) is 5.22. The predicted octanol–water partition coefficient (Wildman–Crippen LogP) is 2.12. The fourth-order valence-electron chi connectivity index (χ4n) is 2.17. The van der Waals surface area contributed by atoms with Gasteiger partial charge in [-0.1, -0.05) is 24.3 Å². The third-order valence-electron chi connectivity index (χ3n) is 3.66. The molecule has 0 radical (unpaired) electrons. The molecule has 1 aliphatic heterocycles. The lowest BCUT2D eigenvalue weighted by Crippen LogP contribution is -2.27. The van der Waals surface area contributed by atoms with Crippen molar-refractivity contribution in [3.63, 3.8) is 0 Å². The molecule has 1 aliphatic rings. The average Bonchev–Trinajstić information content (AvgIpc) is 3.05. The first-order valence-corrected chi connectivity index (χ1v) is 7.50. The van der Waals surface area contributed by atoms with Crippen molar-refractivity contribution in [1.82, 2.24) is 15.7 Å². The molecule has 1 heterocycles. The normalized spacial score (nSPS) is 15.3. The quantitative estimate of drug-likeness (QED) is 0.556. The van der Waals surface area contributed by atoms with E-state index < -0.39 is 0 Å². The predicted molar refractivity (Wildman–Crippen MR) is 94.0 cm³/mol. The van der Waals surface area contributed by atoms with Crippen LogP contribution in [0.4, 0.5) is 0 Å². The molecule has 0 saturated heterocycles. The number of amidine groups is 1. The highest BCUT2D eigenvalue weighted by Crippen LogP contribution is 2.24. The highest BCUT2D eigenvalue weighted by Gasteiger charge is 2.20. The average molecular weight is 313 g/mol. The summed E-state index contributed by atoms with van der Waals surface area (Å²) in [6.07, 6.45) is 1.84. The fraction of sp³-hybridized carbons (Fsp3) is 0.294. The van der Waals surface area contributed by atoms with Crippen LogP contribution in [0.15, 0.2) is 46.8 Å². The smallest absolute Gasteiger partial charge is 0.186 e. The van der Waals surface area contributed by atoms with Crippen molar-refractivity contribution in [2.75, 3.05) is 20.6 Å². The van der Waals surface area contributed by atoms with Gasteiger partial charge < -0.3 is 15.1 Å². The Morgan fingerprint density at radius 3 is 2.65 bits per heavy atom. The summed E-state index contributed by atoms with van der Waals surface area (Å²) in [7, 11) is 3.76. The van der Waals surface area contributed by atoms with E-state index in [4.69, 9.17) is 10.2 Å². The maximum absolute atomic E-state index is 8.15. The van der Waals surface area contributed by atoms with Gasteiger partial charge in [0.25, 0.3) is 0 Å². The first kappa shape index (κ1) is 16.8. The van der Waals surface area contributed by atoms with Crippen molar-refractivity contribution in [3.05, 3.63) is 52.9 Å². The van der Waals surface area contributed by atoms with Gasteiger partial charge in [0.15, 0.2) is 11.6 Å². The summed E-state index contributed by atoms with van der Waals surface area (Å²) in [4.78, 5) is 11.2. The molecule has 122 valence electrons. The molecule has 0 spiro atoms. The lowest BCUT2D eigenvalue weighted by Gasteiger charge is -2.17. The molecule has 0 amide bonds. The highest BCUT2D eigenvalue weighted by molar-refractivity contribution is 5.97. The molecule has 23 heavy (non-hydrogen) atoms. The Kier molecular flexibility index (Phi) is 5.54. The minimum atomic E-state index is 0.279. The van der Waals surface area contributed by atoms with E-state index in [1.807, 2.05) is 39.2 Å². The van der Waals surface area contributed by atoms with Crippen LogP contribution in [0.1, 0.15) is 18.1 Å². The Balaban J connectivity index is 2.26. The van der Waals surface area contributed by atoms with Gasteiger partial charge in [0.05, 0.1) is 5.70 Å². The summed E-state index contributed by atoms with van der Waals surface area (Å²) < 4.78 is 0. The molecule has 0 saturated carbocycles. The Hall–Kier alpha value is -2.60. The molecule has 0 aromatic heterocycles. The van der Waals surface area contributed by atoms with Crippen LogP contribution in [0.2, 0.25) is 0 Å². The largest absolute Gasteiger partial charge is 0.380 e. The molecule has 1 aromatic carbocycles. The zero-order valence-electron chi connectivity index (χ0n) is 13.8. The SMILES string of the molecule is C=NC(C(=N)N(C)CC)=C1C=C(c2ccc(CNC)cc2)NO1. The molecule has 0 atom stereocenters. The second-order valence-electron chi connectivity index (χ2n) is 5.22. The van der Waals surface area contributed by atoms with Crippen molar-refractivity contribution < 1.29 is 4.84 Å². The van der Waals surface area contributed by atoms with Gasteiger partial charge in [-0.15, -0.1) is 0 Å². The fourth-order valence-corrected chi connectivity index (χ4v) is 2.17. The molecular formula is C17H23N5O. The van der Waals surface area contributed by atoms with Crippen LogP contribution in [0.3, 0.4) is 0 Å². The van der Waals surface area contributed by atoms with Gasteiger partial charge >= 0.3 is 0 Å². The third-order valence-corrected chi connectivity index (χ3v) is 3.66. The van der Waals surface area contributed by atoms with Crippen LogP contribution in [-0.4, -0.2) is 38.1 Å². The number of hydroxylamine groups is 1. The Bertz CT molecular complexity index is 645. The van der Waals surface area contributed by atoms with E-state index in [2.05, 4.69) is 34.6 Å². The van der Waals surface area contributed by atoms with Crippen molar-refractivity contribution in [2.45, 2.75) is 13.5 Å². The van der Waals surface area contributed by atoms with Crippen molar-refractivity contribution in [3.8, 4) is 0 Å². The molecule has 2 rings (SSSR count). The number of allylic oxidation sites excluding steroid dienone is 1. The van der Waals surface area contributed by atoms with Crippen molar-refractivity contribution in [1.29, 1.82) is 5.41 Å². The second kappa shape index (κ2) is 7.60. The number of aliphatic imine (C=N–C) groups is 1. The lowest BCUT2D eigenvalue weighted by molar-refractivity contribution is 0.175. The van der Waals surface area contributed by atoms with Crippen LogP contribution < -0.4 is 10.8 Å². The molecule has 0 fully saturated rings. The minimum absolute atomic E-state index is 0.279. The van der Waals surface area contributed by atoms with Gasteiger partial charge in [-0.2, -0.15) is 0 Å². The number of hydrogen-bond acceptors (Lipinski definition) is 5. The highest BCUT2D eigenvalue weighted by atomic mass is 16.7. The molecule has 3 N–H and O–H groups in total. The number of nitrogens with zero attached hydrogens (tertiary/aromatic N) is 2. The number of rotatable bonds is 6. The summed E-state index contributed by atoms with van der Waals surface area (Å²) in [5, 5.41) is 11.3. The van der Waals surface area contributed by atoms with Crippen LogP contribution in [0.25, 0.3) is 5.70 Å². The van der Waals surface area contributed by atoms with Crippen LogP contribution >= 0.6 is 0 Å². The van der Waals surface area contributed by atoms with E-state index in [0.29, 0.717) is 18.0 Å². The third kappa shape index (κ3) is 3.78. The topological polar surface area (TPSA) is 72.7 Å². The maximum atomic E-state index is 8.15. The first-order chi connectivity index (χ1) is 11.1. The molecule has 0 unspecified atom stereocenters. The first-order valence-electron chi connectivity index (χ1n) is 7.50. The zero-order valence-corrected chi connectivity index (χ0v) is 13.8. The van der Waals surface area contributed by atoms with Crippen LogP contribution in [-0.2, 0) is 11.4 Å². The van der Waals surface area contributed by atoms with Crippen LogP contribution in [0.5, 0.6) is 0 Å². The number of likely N-dealkylation sites (N-methyl/N-ethyl adjacent to an activating group) is 1. The van der Waals surface area contributed by atoms with E-state index in [1.165, 1.54) is 5.56 Å². The number of hydrogen-bond donors (Lipinski definition) is 3. The summed E-state index contributed by atoms with van der Waals surface area (Å²) in [5.74, 6) is 0.778. The van der Waals surface area contributed by atoms with Crippen molar-refractivity contribution >= 4 is 18.3 Å². The summed E-state index contributed by atoms with van der Waals surface area (Å²) >= 11 is 0. The molecular weight excluding hydrogens is 290 g/mol. The lowest BCUT2D eigenvalue weighted by atomic mass is 10.1. The van der Waals surface area contributed by atoms with Gasteiger partial charge in [0, 0.05) is 31.8 Å². The minimum Gasteiger partial charge on any atom is -0.380 e. The van der Waals surface area contributed by atoms with Gasteiger partial charge in [-0.3, -0.25) is 10.4 Å². The molecule has 6 heteroatoms. The maximum Gasteiger partial charge on any atom is 0.186 e. The molecule has 0 bridgehead atoms. The van der Waals surface area contributed by atoms with E-state index >= 15 is 0 Å². The van der Waals surface area contributed by atoms with Gasteiger partial charge in [0.2, 0.25) is 0 Å².